The smallest absolute Gasteiger partial charge is 0.129 e. The predicted molar refractivity (Wildman–Crippen MR) is 64.9 cm³/mol. The van der Waals surface area contributed by atoms with Gasteiger partial charge in [0.05, 0.1) is 0 Å². The summed E-state index contributed by atoms with van der Waals surface area (Å²) >= 11 is 3.35. The molecular formula is C13H10BrFO. The molecule has 16 heavy (non-hydrogen) atoms. The van der Waals surface area contributed by atoms with Crippen molar-refractivity contribution in [3.8, 4) is 5.75 Å². The molecule has 2 rings (SSSR count). The van der Waals surface area contributed by atoms with Crippen molar-refractivity contribution in [3.05, 3.63) is 64.4 Å². The molecule has 1 nitrogen and oxygen atoms in total. The Kier molecular flexibility index (Phi) is 3.57. The standard InChI is InChI=1S/C13H10BrFO/c14-11-5-3-6-12(8-11)16-9-10-4-1-2-7-13(10)15/h1-8H,9H2. The first-order valence-corrected chi connectivity index (χ1v) is 5.67. The molecule has 2 aromatic rings. The highest BCUT2D eigenvalue weighted by Gasteiger charge is 2.01. The van der Waals surface area contributed by atoms with Gasteiger partial charge in [0, 0.05) is 10.0 Å². The van der Waals surface area contributed by atoms with Crippen molar-refractivity contribution >= 4 is 15.9 Å². The van der Waals surface area contributed by atoms with E-state index in [0.717, 1.165) is 10.2 Å². The van der Waals surface area contributed by atoms with Gasteiger partial charge in [0.15, 0.2) is 0 Å². The van der Waals surface area contributed by atoms with Gasteiger partial charge in [0.2, 0.25) is 0 Å². The molecular weight excluding hydrogens is 271 g/mol. The Morgan fingerprint density at radius 1 is 1.06 bits per heavy atom. The van der Waals surface area contributed by atoms with Gasteiger partial charge in [-0.05, 0) is 24.3 Å². The maximum Gasteiger partial charge on any atom is 0.129 e. The molecule has 0 unspecified atom stereocenters. The number of benzene rings is 2. The monoisotopic (exact) mass is 280 g/mol. The largest absolute Gasteiger partial charge is 0.489 e. The Morgan fingerprint density at radius 3 is 2.62 bits per heavy atom. The third kappa shape index (κ3) is 2.83. The van der Waals surface area contributed by atoms with Crippen molar-refractivity contribution in [1.29, 1.82) is 0 Å². The highest BCUT2D eigenvalue weighted by Crippen LogP contribution is 2.19. The minimum Gasteiger partial charge on any atom is -0.489 e. The molecule has 0 radical (unpaired) electrons. The van der Waals surface area contributed by atoms with Gasteiger partial charge >= 0.3 is 0 Å². The molecule has 2 aromatic carbocycles. The van der Waals surface area contributed by atoms with Crippen LogP contribution in [0.5, 0.6) is 5.75 Å². The molecule has 3 heteroatoms. The van der Waals surface area contributed by atoms with Crippen LogP contribution in [0.2, 0.25) is 0 Å². The lowest BCUT2D eigenvalue weighted by atomic mass is 10.2. The molecule has 0 atom stereocenters. The third-order valence-corrected chi connectivity index (χ3v) is 2.64. The zero-order valence-corrected chi connectivity index (χ0v) is 10.1. The van der Waals surface area contributed by atoms with Crippen molar-refractivity contribution in [2.45, 2.75) is 6.61 Å². The summed E-state index contributed by atoms with van der Waals surface area (Å²) in [4.78, 5) is 0. The first-order chi connectivity index (χ1) is 7.75. The summed E-state index contributed by atoms with van der Waals surface area (Å²) in [6, 6.07) is 14.1. The molecule has 0 saturated carbocycles. The summed E-state index contributed by atoms with van der Waals surface area (Å²) in [6.45, 7) is 0.239. The molecule has 0 bridgehead atoms. The molecule has 0 aromatic heterocycles. The Balaban J connectivity index is 2.05. The summed E-state index contributed by atoms with van der Waals surface area (Å²) in [7, 11) is 0. The van der Waals surface area contributed by atoms with Crippen LogP contribution in [0.25, 0.3) is 0 Å². The molecule has 0 aliphatic rings. The van der Waals surface area contributed by atoms with Crippen molar-refractivity contribution in [3.63, 3.8) is 0 Å². The Bertz CT molecular complexity index is 485. The van der Waals surface area contributed by atoms with Crippen molar-refractivity contribution < 1.29 is 9.13 Å². The molecule has 0 heterocycles. The van der Waals surface area contributed by atoms with Gasteiger partial charge in [-0.3, -0.25) is 0 Å². The lowest BCUT2D eigenvalue weighted by Gasteiger charge is -2.07. The van der Waals surface area contributed by atoms with Crippen molar-refractivity contribution in [2.24, 2.45) is 0 Å². The van der Waals surface area contributed by atoms with Gasteiger partial charge in [0.1, 0.15) is 18.2 Å². The van der Waals surface area contributed by atoms with Gasteiger partial charge in [-0.15, -0.1) is 0 Å². The Morgan fingerprint density at radius 2 is 1.88 bits per heavy atom. The summed E-state index contributed by atoms with van der Waals surface area (Å²) in [5, 5.41) is 0. The second-order valence-electron chi connectivity index (χ2n) is 3.34. The highest BCUT2D eigenvalue weighted by atomic mass is 79.9. The molecule has 0 fully saturated rings. The van der Waals surface area contributed by atoms with E-state index in [-0.39, 0.29) is 12.4 Å². The summed E-state index contributed by atoms with van der Waals surface area (Å²) in [5.41, 5.74) is 0.558. The molecule has 0 N–H and O–H groups in total. The first-order valence-electron chi connectivity index (χ1n) is 4.87. The van der Waals surface area contributed by atoms with E-state index in [1.807, 2.05) is 24.3 Å². The second-order valence-corrected chi connectivity index (χ2v) is 4.25. The van der Waals surface area contributed by atoms with E-state index in [2.05, 4.69) is 15.9 Å². The maximum absolute atomic E-state index is 13.3. The normalized spacial score (nSPS) is 10.1. The van der Waals surface area contributed by atoms with E-state index in [0.29, 0.717) is 5.56 Å². The topological polar surface area (TPSA) is 9.23 Å². The maximum atomic E-state index is 13.3. The minimum absolute atomic E-state index is 0.238. The van der Waals surface area contributed by atoms with Gasteiger partial charge in [-0.2, -0.15) is 0 Å². The summed E-state index contributed by atoms with van der Waals surface area (Å²) in [5.74, 6) is 0.482. The quantitative estimate of drug-likeness (QED) is 0.820. The highest BCUT2D eigenvalue weighted by molar-refractivity contribution is 9.10. The summed E-state index contributed by atoms with van der Waals surface area (Å²) < 4.78 is 19.7. The van der Waals surface area contributed by atoms with Gasteiger partial charge < -0.3 is 4.74 Å². The lowest BCUT2D eigenvalue weighted by Crippen LogP contribution is -1.97. The van der Waals surface area contributed by atoms with Gasteiger partial charge in [0.25, 0.3) is 0 Å². The van der Waals surface area contributed by atoms with Crippen LogP contribution < -0.4 is 4.74 Å². The molecule has 0 amide bonds. The number of halogens is 2. The fourth-order valence-electron chi connectivity index (χ4n) is 1.33. The molecule has 0 aliphatic heterocycles. The zero-order valence-electron chi connectivity index (χ0n) is 8.49. The Labute approximate surface area is 102 Å². The SMILES string of the molecule is Fc1ccccc1COc1cccc(Br)c1. The number of ether oxygens (including phenoxy) is 1. The lowest BCUT2D eigenvalue weighted by molar-refractivity contribution is 0.299. The molecule has 0 saturated heterocycles. The fraction of sp³-hybridized carbons (Fsp3) is 0.0769. The zero-order chi connectivity index (χ0) is 11.4. The molecule has 0 aliphatic carbocycles. The van der Waals surface area contributed by atoms with E-state index in [4.69, 9.17) is 4.74 Å². The first kappa shape index (κ1) is 11.1. The average molecular weight is 281 g/mol. The molecule has 0 spiro atoms. The van der Waals surface area contributed by atoms with E-state index in [1.165, 1.54) is 6.07 Å². The van der Waals surface area contributed by atoms with Gasteiger partial charge in [-0.1, -0.05) is 40.2 Å². The van der Waals surface area contributed by atoms with Crippen LogP contribution in [0.3, 0.4) is 0 Å². The van der Waals surface area contributed by atoms with Crippen LogP contribution in [0.15, 0.2) is 53.0 Å². The number of rotatable bonds is 3. The van der Waals surface area contributed by atoms with Crippen molar-refractivity contribution in [2.75, 3.05) is 0 Å². The van der Waals surface area contributed by atoms with Gasteiger partial charge in [-0.25, -0.2) is 4.39 Å². The fourth-order valence-corrected chi connectivity index (χ4v) is 1.71. The van der Waals surface area contributed by atoms with Crippen LogP contribution in [0, 0.1) is 5.82 Å². The Hall–Kier alpha value is -1.35. The number of hydrogen-bond donors (Lipinski definition) is 0. The van der Waals surface area contributed by atoms with E-state index < -0.39 is 0 Å². The molecule has 82 valence electrons. The minimum atomic E-state index is -0.238. The summed E-state index contributed by atoms with van der Waals surface area (Å²) in [6.07, 6.45) is 0. The van der Waals surface area contributed by atoms with Crippen LogP contribution >= 0.6 is 15.9 Å². The van der Waals surface area contributed by atoms with E-state index >= 15 is 0 Å². The van der Waals surface area contributed by atoms with E-state index in [9.17, 15) is 4.39 Å². The van der Waals surface area contributed by atoms with Crippen LogP contribution in [0.1, 0.15) is 5.56 Å². The second kappa shape index (κ2) is 5.12. The predicted octanol–water partition coefficient (Wildman–Crippen LogP) is 4.17. The van der Waals surface area contributed by atoms with Crippen LogP contribution in [-0.4, -0.2) is 0 Å². The number of hydrogen-bond acceptors (Lipinski definition) is 1. The van der Waals surface area contributed by atoms with Crippen molar-refractivity contribution in [1.82, 2.24) is 0 Å². The van der Waals surface area contributed by atoms with E-state index in [1.54, 1.807) is 18.2 Å². The van der Waals surface area contributed by atoms with Crippen LogP contribution in [-0.2, 0) is 6.61 Å². The average Bonchev–Trinajstić information content (AvgIpc) is 2.28. The third-order valence-electron chi connectivity index (χ3n) is 2.15. The van der Waals surface area contributed by atoms with Crippen LogP contribution in [0.4, 0.5) is 4.39 Å².